The van der Waals surface area contributed by atoms with E-state index in [-0.39, 0.29) is 24.0 Å². The monoisotopic (exact) mass is 401 g/mol. The molecular formula is C20H24FN5O3. The predicted octanol–water partition coefficient (Wildman–Crippen LogP) is 1.32. The summed E-state index contributed by atoms with van der Waals surface area (Å²) in [6.07, 6.45) is 7.35. The Bertz CT molecular complexity index is 821. The van der Waals surface area contributed by atoms with E-state index in [0.717, 1.165) is 18.7 Å². The Morgan fingerprint density at radius 2 is 1.83 bits per heavy atom. The van der Waals surface area contributed by atoms with E-state index < -0.39 is 5.91 Å². The fourth-order valence-electron chi connectivity index (χ4n) is 3.25. The molecule has 1 aromatic heterocycles. The number of carbonyl (C=O) groups excluding carboxylic acids is 1. The van der Waals surface area contributed by atoms with Gasteiger partial charge in [0.15, 0.2) is 0 Å². The zero-order chi connectivity index (χ0) is 20.6. The van der Waals surface area contributed by atoms with Gasteiger partial charge in [-0.25, -0.2) is 19.8 Å². The van der Waals surface area contributed by atoms with Gasteiger partial charge in [0.25, 0.3) is 5.91 Å². The second-order valence-electron chi connectivity index (χ2n) is 6.73. The van der Waals surface area contributed by atoms with Gasteiger partial charge >= 0.3 is 0 Å². The topological polar surface area (TPSA) is 102 Å². The van der Waals surface area contributed by atoms with E-state index >= 15 is 0 Å². The van der Waals surface area contributed by atoms with Gasteiger partial charge in [0.1, 0.15) is 5.82 Å². The minimum Gasteiger partial charge on any atom is -0.396 e. The van der Waals surface area contributed by atoms with Crippen LogP contribution in [0.25, 0.3) is 6.08 Å². The van der Waals surface area contributed by atoms with Gasteiger partial charge in [0.2, 0.25) is 5.95 Å². The summed E-state index contributed by atoms with van der Waals surface area (Å²) in [4.78, 5) is 24.1. The number of hydroxylamine groups is 1. The van der Waals surface area contributed by atoms with Crippen molar-refractivity contribution in [2.45, 2.75) is 12.5 Å². The third-order valence-electron chi connectivity index (χ3n) is 4.87. The fraction of sp³-hybridized carbons (Fsp3) is 0.350. The molecule has 1 fully saturated rings. The average molecular weight is 401 g/mol. The Labute approximate surface area is 168 Å². The Hall–Kier alpha value is -2.88. The molecule has 1 aliphatic rings. The smallest absolute Gasteiger partial charge is 0.277 e. The normalized spacial score (nSPS) is 16.2. The molecule has 1 aliphatic heterocycles. The highest BCUT2D eigenvalue weighted by Gasteiger charge is 2.23. The third kappa shape index (κ3) is 5.57. The number of anilines is 1. The summed E-state index contributed by atoms with van der Waals surface area (Å²) < 4.78 is 13.0. The van der Waals surface area contributed by atoms with E-state index in [4.69, 9.17) is 5.21 Å². The van der Waals surface area contributed by atoms with E-state index in [1.165, 1.54) is 24.5 Å². The molecule has 0 saturated carbocycles. The molecule has 0 unspecified atom stereocenters. The number of rotatable bonds is 7. The number of hydrogen-bond acceptors (Lipinski definition) is 7. The molecular weight excluding hydrogens is 377 g/mol. The van der Waals surface area contributed by atoms with Gasteiger partial charge < -0.3 is 10.0 Å². The molecule has 0 aliphatic carbocycles. The molecule has 1 atom stereocenters. The Morgan fingerprint density at radius 3 is 2.41 bits per heavy atom. The lowest BCUT2D eigenvalue weighted by molar-refractivity contribution is 0.0705. The largest absolute Gasteiger partial charge is 0.396 e. The molecule has 3 N–H and O–H groups in total. The average Bonchev–Trinajstić information content (AvgIpc) is 2.77. The van der Waals surface area contributed by atoms with Crippen molar-refractivity contribution in [3.8, 4) is 0 Å². The molecule has 8 nitrogen and oxygen atoms in total. The minimum absolute atomic E-state index is 0.0729. The van der Waals surface area contributed by atoms with Crippen LogP contribution < -0.4 is 10.4 Å². The molecule has 1 amide bonds. The molecule has 154 valence electrons. The number of aromatic nitrogens is 2. The van der Waals surface area contributed by atoms with Crippen LogP contribution in [-0.2, 0) is 0 Å². The maximum absolute atomic E-state index is 13.0. The lowest BCUT2D eigenvalue weighted by Gasteiger charge is -2.38. The quantitative estimate of drug-likeness (QED) is 0.475. The summed E-state index contributed by atoms with van der Waals surface area (Å²) in [7, 11) is 0. The van der Waals surface area contributed by atoms with Crippen LogP contribution in [0.5, 0.6) is 0 Å². The van der Waals surface area contributed by atoms with Crippen LogP contribution in [0, 0.1) is 5.82 Å². The van der Waals surface area contributed by atoms with Gasteiger partial charge in [0.05, 0.1) is 5.56 Å². The first kappa shape index (κ1) is 20.8. The molecule has 3 rings (SSSR count). The second-order valence-corrected chi connectivity index (χ2v) is 6.73. The van der Waals surface area contributed by atoms with Gasteiger partial charge in [0, 0.05) is 51.2 Å². The molecule has 1 aromatic carbocycles. The van der Waals surface area contributed by atoms with Crippen molar-refractivity contribution in [3.05, 3.63) is 59.7 Å². The number of nitrogens with one attached hydrogen (secondary N) is 1. The van der Waals surface area contributed by atoms with Crippen molar-refractivity contribution in [2.75, 3.05) is 37.7 Å². The van der Waals surface area contributed by atoms with Crippen molar-refractivity contribution in [1.29, 1.82) is 0 Å². The summed E-state index contributed by atoms with van der Waals surface area (Å²) in [6.45, 7) is 3.02. The maximum Gasteiger partial charge on any atom is 0.277 e. The van der Waals surface area contributed by atoms with Crippen molar-refractivity contribution >= 4 is 17.9 Å². The van der Waals surface area contributed by atoms with Crippen molar-refractivity contribution in [2.24, 2.45) is 0 Å². The van der Waals surface area contributed by atoms with E-state index in [9.17, 15) is 14.3 Å². The van der Waals surface area contributed by atoms with Crippen LogP contribution in [-0.4, -0.2) is 69.9 Å². The Morgan fingerprint density at radius 1 is 1.17 bits per heavy atom. The molecule has 0 spiro atoms. The summed E-state index contributed by atoms with van der Waals surface area (Å²) >= 11 is 0. The molecule has 1 saturated heterocycles. The number of benzene rings is 1. The van der Waals surface area contributed by atoms with E-state index in [0.29, 0.717) is 25.5 Å². The molecule has 2 aromatic rings. The number of piperazine rings is 1. The molecule has 9 heteroatoms. The number of halogens is 1. The van der Waals surface area contributed by atoms with Gasteiger partial charge in [-0.2, -0.15) is 0 Å². The minimum atomic E-state index is -0.652. The van der Waals surface area contributed by atoms with Gasteiger partial charge in [-0.1, -0.05) is 24.3 Å². The van der Waals surface area contributed by atoms with E-state index in [1.54, 1.807) is 17.6 Å². The summed E-state index contributed by atoms with van der Waals surface area (Å²) in [6, 6.07) is 6.36. The number of aliphatic hydroxyl groups is 1. The molecule has 0 bridgehead atoms. The SMILES string of the molecule is O=C(NO)c1cnc(N2CCN([C@@H](/C=C/c3ccc(F)cc3)CCO)CC2)nc1. The van der Waals surface area contributed by atoms with Crippen LogP contribution >= 0.6 is 0 Å². The maximum atomic E-state index is 13.0. The Balaban J connectivity index is 1.59. The van der Waals surface area contributed by atoms with Crippen molar-refractivity contribution in [1.82, 2.24) is 20.3 Å². The van der Waals surface area contributed by atoms with E-state index in [1.807, 2.05) is 17.1 Å². The van der Waals surface area contributed by atoms with Crippen LogP contribution in [0.2, 0.25) is 0 Å². The zero-order valence-electron chi connectivity index (χ0n) is 15.9. The first-order valence-electron chi connectivity index (χ1n) is 9.41. The standard InChI is InChI=1S/C20H24FN5O3/c21-17-4-1-15(2-5-17)3-6-18(7-12-27)25-8-10-26(11-9-25)20-22-13-16(14-23-20)19(28)24-29/h1-6,13-14,18,27,29H,7-12H2,(H,24,28)/b6-3+/t18-/m0/s1. The van der Waals surface area contributed by atoms with Crippen LogP contribution in [0.1, 0.15) is 22.3 Å². The van der Waals surface area contributed by atoms with Crippen LogP contribution in [0.15, 0.2) is 42.7 Å². The first-order chi connectivity index (χ1) is 14.1. The highest BCUT2D eigenvalue weighted by atomic mass is 19.1. The van der Waals surface area contributed by atoms with Crippen LogP contribution in [0.3, 0.4) is 0 Å². The summed E-state index contributed by atoms with van der Waals surface area (Å²) in [5.74, 6) is -0.390. The third-order valence-corrected chi connectivity index (χ3v) is 4.87. The second kappa shape index (κ2) is 10.1. The number of aliphatic hydroxyl groups excluding tert-OH is 1. The van der Waals surface area contributed by atoms with Crippen molar-refractivity contribution in [3.63, 3.8) is 0 Å². The zero-order valence-corrected chi connectivity index (χ0v) is 15.9. The number of amides is 1. The molecule has 2 heterocycles. The highest BCUT2D eigenvalue weighted by molar-refractivity contribution is 5.92. The number of nitrogens with zero attached hydrogens (tertiary/aromatic N) is 4. The molecule has 29 heavy (non-hydrogen) atoms. The van der Waals surface area contributed by atoms with Gasteiger partial charge in [-0.05, 0) is 24.1 Å². The van der Waals surface area contributed by atoms with Gasteiger partial charge in [-0.15, -0.1) is 0 Å². The predicted molar refractivity (Wildman–Crippen MR) is 106 cm³/mol. The lowest BCUT2D eigenvalue weighted by Crippen LogP contribution is -2.50. The lowest BCUT2D eigenvalue weighted by atomic mass is 10.1. The Kier molecular flexibility index (Phi) is 7.23. The number of carbonyl (C=O) groups is 1. The van der Waals surface area contributed by atoms with Crippen molar-refractivity contribution < 1.29 is 19.5 Å². The summed E-state index contributed by atoms with van der Waals surface area (Å²) in [5, 5.41) is 18.1. The highest BCUT2D eigenvalue weighted by Crippen LogP contribution is 2.16. The molecule has 0 radical (unpaired) electrons. The first-order valence-corrected chi connectivity index (χ1v) is 9.41. The number of hydrogen-bond donors (Lipinski definition) is 3. The fourth-order valence-corrected chi connectivity index (χ4v) is 3.25. The van der Waals surface area contributed by atoms with E-state index in [2.05, 4.69) is 14.9 Å². The van der Waals surface area contributed by atoms with Crippen LogP contribution in [0.4, 0.5) is 10.3 Å². The summed E-state index contributed by atoms with van der Waals surface area (Å²) in [5.41, 5.74) is 2.65. The van der Waals surface area contributed by atoms with Gasteiger partial charge in [-0.3, -0.25) is 14.9 Å².